The number of nitro benzene ring substituents is 2. The number of non-ortho nitro benzene ring substituents is 2. The average Bonchev–Trinajstić information content (AvgIpc) is 3.22. The van der Waals surface area contributed by atoms with Crippen LogP contribution < -0.4 is 9.47 Å². The molecule has 12 heteroatoms. The third-order valence-corrected chi connectivity index (χ3v) is 5.36. The lowest BCUT2D eigenvalue weighted by atomic mass is 10.1. The predicted molar refractivity (Wildman–Crippen MR) is 129 cm³/mol. The molecule has 3 aromatic carbocycles. The monoisotopic (exact) mass is 509 g/mol. The molecule has 36 heavy (non-hydrogen) atoms. The Kier molecular flexibility index (Phi) is 6.93. The van der Waals surface area contributed by atoms with Crippen LogP contribution in [0.5, 0.6) is 11.5 Å². The first-order valence-corrected chi connectivity index (χ1v) is 10.6. The zero-order valence-corrected chi connectivity index (χ0v) is 19.3. The molecule has 0 amide bonds. The number of hydrogen-bond donors (Lipinski definition) is 0. The van der Waals surface area contributed by atoms with Gasteiger partial charge < -0.3 is 14.2 Å². The molecular weight excluding hydrogens is 494 g/mol. The Hall–Kier alpha value is -4.77. The van der Waals surface area contributed by atoms with E-state index < -0.39 is 15.8 Å². The Morgan fingerprint density at radius 1 is 0.972 bits per heavy atom. The maximum absolute atomic E-state index is 12.3. The number of benzene rings is 3. The Labute approximate surface area is 208 Å². The van der Waals surface area contributed by atoms with Crippen LogP contribution in [0, 0.1) is 20.2 Å². The maximum Gasteiger partial charge on any atom is 0.363 e. The number of cyclic esters (lactones) is 1. The van der Waals surface area contributed by atoms with E-state index in [2.05, 4.69) is 4.99 Å². The van der Waals surface area contributed by atoms with Crippen molar-refractivity contribution in [2.24, 2.45) is 4.99 Å². The van der Waals surface area contributed by atoms with Crippen LogP contribution in [0.4, 0.5) is 11.4 Å². The van der Waals surface area contributed by atoms with Gasteiger partial charge in [-0.25, -0.2) is 9.79 Å². The molecule has 0 bridgehead atoms. The van der Waals surface area contributed by atoms with Crippen molar-refractivity contribution in [3.05, 3.63) is 108 Å². The molecule has 3 aromatic rings. The standard InChI is InChI=1S/C24H16ClN3O8/c1-34-22-11-15(4-9-21(22)35-13-14-2-5-16(6-3-14)27(30)31)10-20-24(29)36-23(26-20)18-8-7-17(28(32)33)12-19(18)25/h2-12H,13H2,1H3/b20-10-. The Morgan fingerprint density at radius 2 is 1.67 bits per heavy atom. The summed E-state index contributed by atoms with van der Waals surface area (Å²) in [5.74, 6) is 0.0344. The van der Waals surface area contributed by atoms with E-state index in [4.69, 9.17) is 25.8 Å². The molecule has 0 saturated heterocycles. The lowest BCUT2D eigenvalue weighted by Crippen LogP contribution is -2.06. The fraction of sp³-hybridized carbons (Fsp3) is 0.0833. The van der Waals surface area contributed by atoms with Gasteiger partial charge in [0.2, 0.25) is 5.90 Å². The Morgan fingerprint density at radius 3 is 2.31 bits per heavy atom. The number of nitrogens with zero attached hydrogens (tertiary/aromatic N) is 3. The molecule has 0 radical (unpaired) electrons. The predicted octanol–water partition coefficient (Wildman–Crippen LogP) is 5.09. The van der Waals surface area contributed by atoms with E-state index in [1.54, 1.807) is 30.3 Å². The van der Waals surface area contributed by atoms with Crippen molar-refractivity contribution in [3.8, 4) is 11.5 Å². The molecule has 4 rings (SSSR count). The molecule has 1 heterocycles. The number of hydrogen-bond acceptors (Lipinski definition) is 9. The third kappa shape index (κ3) is 5.31. The first-order valence-electron chi connectivity index (χ1n) is 10.3. The summed E-state index contributed by atoms with van der Waals surface area (Å²) < 4.78 is 16.4. The summed E-state index contributed by atoms with van der Waals surface area (Å²) >= 11 is 6.11. The molecule has 182 valence electrons. The van der Waals surface area contributed by atoms with Crippen LogP contribution >= 0.6 is 11.6 Å². The molecular formula is C24H16ClN3O8. The number of esters is 1. The lowest BCUT2D eigenvalue weighted by Gasteiger charge is -2.11. The van der Waals surface area contributed by atoms with E-state index in [-0.39, 0.29) is 40.2 Å². The molecule has 1 aliphatic rings. The number of aliphatic imine (C=N–C) groups is 1. The average molecular weight is 510 g/mol. The van der Waals surface area contributed by atoms with E-state index in [1.165, 1.54) is 37.5 Å². The number of carbonyl (C=O) groups excluding carboxylic acids is 1. The molecule has 0 aromatic heterocycles. The highest BCUT2D eigenvalue weighted by Crippen LogP contribution is 2.31. The summed E-state index contributed by atoms with van der Waals surface area (Å²) in [4.78, 5) is 37.1. The molecule has 11 nitrogen and oxygen atoms in total. The van der Waals surface area contributed by atoms with Gasteiger partial charge in [-0.15, -0.1) is 0 Å². The first kappa shape index (κ1) is 24.4. The number of rotatable bonds is 8. The van der Waals surface area contributed by atoms with Crippen LogP contribution in [0.3, 0.4) is 0 Å². The molecule has 0 N–H and O–H groups in total. The topological polar surface area (TPSA) is 143 Å². The molecule has 0 unspecified atom stereocenters. The minimum absolute atomic E-state index is 0.000945. The van der Waals surface area contributed by atoms with Gasteiger partial charge in [0.05, 0.1) is 27.5 Å². The van der Waals surface area contributed by atoms with Gasteiger partial charge in [0.25, 0.3) is 11.4 Å². The molecule has 0 fully saturated rings. The normalized spacial score (nSPS) is 13.8. The second-order valence-corrected chi connectivity index (χ2v) is 7.79. The van der Waals surface area contributed by atoms with Gasteiger partial charge in [-0.3, -0.25) is 20.2 Å². The highest BCUT2D eigenvalue weighted by atomic mass is 35.5. The summed E-state index contributed by atoms with van der Waals surface area (Å²) in [6.45, 7) is 0.158. The zero-order chi connectivity index (χ0) is 25.8. The Balaban J connectivity index is 1.52. The third-order valence-electron chi connectivity index (χ3n) is 5.05. The van der Waals surface area contributed by atoms with Crippen LogP contribution in [-0.2, 0) is 16.1 Å². The second kappa shape index (κ2) is 10.2. The zero-order valence-electron chi connectivity index (χ0n) is 18.5. The summed E-state index contributed by atoms with van der Waals surface area (Å²) in [5, 5.41) is 21.7. The van der Waals surface area contributed by atoms with Gasteiger partial charge in [0.15, 0.2) is 17.2 Å². The quantitative estimate of drug-likeness (QED) is 0.177. The maximum atomic E-state index is 12.3. The lowest BCUT2D eigenvalue weighted by molar-refractivity contribution is -0.385. The van der Waals surface area contributed by atoms with Gasteiger partial charge in [-0.05, 0) is 47.5 Å². The van der Waals surface area contributed by atoms with E-state index >= 15 is 0 Å². The molecule has 0 atom stereocenters. The van der Waals surface area contributed by atoms with Crippen molar-refractivity contribution in [1.29, 1.82) is 0 Å². The van der Waals surface area contributed by atoms with Gasteiger partial charge in [0, 0.05) is 24.3 Å². The van der Waals surface area contributed by atoms with Crippen molar-refractivity contribution in [2.75, 3.05) is 7.11 Å². The van der Waals surface area contributed by atoms with Crippen molar-refractivity contribution >= 4 is 40.9 Å². The van der Waals surface area contributed by atoms with Crippen LogP contribution in [0.1, 0.15) is 16.7 Å². The van der Waals surface area contributed by atoms with Crippen molar-refractivity contribution < 1.29 is 28.9 Å². The first-order chi connectivity index (χ1) is 17.2. The minimum atomic E-state index is -0.711. The number of ether oxygens (including phenoxy) is 3. The summed E-state index contributed by atoms with van der Waals surface area (Å²) in [6.07, 6.45) is 1.48. The van der Waals surface area contributed by atoms with Crippen molar-refractivity contribution in [3.63, 3.8) is 0 Å². The molecule has 1 aliphatic heterocycles. The van der Waals surface area contributed by atoms with Crippen LogP contribution in [0.25, 0.3) is 6.08 Å². The number of carbonyl (C=O) groups is 1. The van der Waals surface area contributed by atoms with Crippen LogP contribution in [-0.4, -0.2) is 28.8 Å². The van der Waals surface area contributed by atoms with E-state index in [0.29, 0.717) is 17.1 Å². The van der Waals surface area contributed by atoms with Crippen molar-refractivity contribution in [1.82, 2.24) is 0 Å². The summed E-state index contributed by atoms with van der Waals surface area (Å²) in [7, 11) is 1.46. The summed E-state index contributed by atoms with van der Waals surface area (Å²) in [5.41, 5.74) is 1.33. The fourth-order valence-corrected chi connectivity index (χ4v) is 3.50. The fourth-order valence-electron chi connectivity index (χ4n) is 3.24. The van der Waals surface area contributed by atoms with E-state index in [1.807, 2.05) is 0 Å². The second-order valence-electron chi connectivity index (χ2n) is 7.38. The highest BCUT2D eigenvalue weighted by molar-refractivity contribution is 6.34. The van der Waals surface area contributed by atoms with Gasteiger partial charge in [0.1, 0.15) is 6.61 Å². The number of methoxy groups -OCH3 is 1. The van der Waals surface area contributed by atoms with Gasteiger partial charge >= 0.3 is 5.97 Å². The minimum Gasteiger partial charge on any atom is -0.493 e. The van der Waals surface area contributed by atoms with E-state index in [9.17, 15) is 25.0 Å². The highest BCUT2D eigenvalue weighted by Gasteiger charge is 2.26. The number of nitro groups is 2. The molecule has 0 saturated carbocycles. The van der Waals surface area contributed by atoms with Crippen LogP contribution in [0.15, 0.2) is 71.4 Å². The SMILES string of the molecule is COc1cc(/C=C2\N=C(c3ccc([N+](=O)[O-])cc3Cl)OC2=O)ccc1OCc1ccc([N+](=O)[O-])cc1. The molecule has 0 spiro atoms. The van der Waals surface area contributed by atoms with Crippen molar-refractivity contribution in [2.45, 2.75) is 6.61 Å². The smallest absolute Gasteiger partial charge is 0.363 e. The largest absolute Gasteiger partial charge is 0.493 e. The van der Waals surface area contributed by atoms with E-state index in [0.717, 1.165) is 11.6 Å². The number of halogens is 1. The summed E-state index contributed by atoms with van der Waals surface area (Å²) in [6, 6.07) is 14.7. The Bertz CT molecular complexity index is 1430. The van der Waals surface area contributed by atoms with Crippen LogP contribution in [0.2, 0.25) is 5.02 Å². The van der Waals surface area contributed by atoms with Gasteiger partial charge in [-0.1, -0.05) is 17.7 Å². The van der Waals surface area contributed by atoms with Gasteiger partial charge in [-0.2, -0.15) is 0 Å². The molecule has 0 aliphatic carbocycles.